The molecule has 0 bridgehead atoms. The highest BCUT2D eigenvalue weighted by molar-refractivity contribution is 14.0. The summed E-state index contributed by atoms with van der Waals surface area (Å²) >= 11 is 0. The fourth-order valence-corrected chi connectivity index (χ4v) is 3.76. The maximum Gasteiger partial charge on any atom is 0.191 e. The zero-order chi connectivity index (χ0) is 20.1. The number of piperazine rings is 1. The van der Waals surface area contributed by atoms with Crippen LogP contribution in [0.4, 0.5) is 5.82 Å². The zero-order valence-electron chi connectivity index (χ0n) is 17.7. The van der Waals surface area contributed by atoms with Crippen LogP contribution in [0.1, 0.15) is 11.1 Å². The first-order valence-corrected chi connectivity index (χ1v) is 10.3. The van der Waals surface area contributed by atoms with Crippen LogP contribution in [0, 0.1) is 0 Å². The van der Waals surface area contributed by atoms with Gasteiger partial charge in [0, 0.05) is 52.4 Å². The second-order valence-corrected chi connectivity index (χ2v) is 7.67. The molecule has 1 saturated heterocycles. The molecule has 1 fully saturated rings. The van der Waals surface area contributed by atoms with Gasteiger partial charge in [0.25, 0.3) is 0 Å². The van der Waals surface area contributed by atoms with Crippen molar-refractivity contribution >= 4 is 35.8 Å². The van der Waals surface area contributed by atoms with E-state index in [2.05, 4.69) is 61.7 Å². The van der Waals surface area contributed by atoms with E-state index in [4.69, 9.17) is 4.74 Å². The van der Waals surface area contributed by atoms with Gasteiger partial charge >= 0.3 is 0 Å². The number of anilines is 1. The van der Waals surface area contributed by atoms with Gasteiger partial charge in [0.15, 0.2) is 5.96 Å². The van der Waals surface area contributed by atoms with E-state index in [1.165, 1.54) is 11.1 Å². The molecule has 162 valence electrons. The number of benzene rings is 1. The van der Waals surface area contributed by atoms with E-state index < -0.39 is 0 Å². The third-order valence-electron chi connectivity index (χ3n) is 5.53. The third kappa shape index (κ3) is 5.75. The molecule has 7 nitrogen and oxygen atoms in total. The van der Waals surface area contributed by atoms with Crippen LogP contribution in [0.15, 0.2) is 47.6 Å². The summed E-state index contributed by atoms with van der Waals surface area (Å²) in [5.74, 6) is 2.83. The first kappa shape index (κ1) is 22.6. The van der Waals surface area contributed by atoms with Crippen LogP contribution in [0.3, 0.4) is 0 Å². The SMILES string of the molecule is CN=C(NCc1ccnc(N2CCN(C)CC2)c1)NCC1Cc2ccccc2O1.I. The Balaban J connectivity index is 0.00000256. The maximum absolute atomic E-state index is 5.99. The zero-order valence-corrected chi connectivity index (χ0v) is 20.0. The van der Waals surface area contributed by atoms with Gasteiger partial charge in [-0.2, -0.15) is 0 Å². The van der Waals surface area contributed by atoms with E-state index in [-0.39, 0.29) is 30.1 Å². The summed E-state index contributed by atoms with van der Waals surface area (Å²) in [6, 6.07) is 12.5. The van der Waals surface area contributed by atoms with Gasteiger partial charge in [-0.05, 0) is 36.4 Å². The lowest BCUT2D eigenvalue weighted by molar-refractivity contribution is 0.235. The summed E-state index contributed by atoms with van der Waals surface area (Å²) in [4.78, 5) is 13.6. The van der Waals surface area contributed by atoms with Crippen molar-refractivity contribution in [3.8, 4) is 5.75 Å². The molecule has 0 radical (unpaired) electrons. The van der Waals surface area contributed by atoms with Crippen molar-refractivity contribution < 1.29 is 4.74 Å². The molecule has 0 spiro atoms. The first-order chi connectivity index (χ1) is 14.2. The number of aliphatic imine (C=N–C) groups is 1. The average molecular weight is 522 g/mol. The van der Waals surface area contributed by atoms with Gasteiger partial charge in [-0.25, -0.2) is 4.98 Å². The molecule has 2 aliphatic rings. The lowest BCUT2D eigenvalue weighted by Gasteiger charge is -2.33. The Morgan fingerprint density at radius 3 is 2.73 bits per heavy atom. The molecular weight excluding hydrogens is 491 g/mol. The summed E-state index contributed by atoms with van der Waals surface area (Å²) in [5, 5.41) is 6.78. The minimum absolute atomic E-state index is 0. The number of hydrogen-bond donors (Lipinski definition) is 2. The normalized spacial score (nSPS) is 18.9. The molecule has 8 heteroatoms. The number of likely N-dealkylation sites (N-methyl/N-ethyl adjacent to an activating group) is 1. The van der Waals surface area contributed by atoms with E-state index in [1.807, 2.05) is 18.3 Å². The van der Waals surface area contributed by atoms with E-state index in [0.29, 0.717) is 6.54 Å². The molecule has 2 N–H and O–H groups in total. The fraction of sp³-hybridized carbons (Fsp3) is 0.455. The Labute approximate surface area is 195 Å². The predicted molar refractivity (Wildman–Crippen MR) is 132 cm³/mol. The number of halogens is 1. The minimum atomic E-state index is 0. The first-order valence-electron chi connectivity index (χ1n) is 10.3. The van der Waals surface area contributed by atoms with E-state index >= 15 is 0 Å². The second kappa shape index (κ2) is 10.8. The molecule has 0 saturated carbocycles. The van der Waals surface area contributed by atoms with Crippen LogP contribution in [0.5, 0.6) is 5.75 Å². The largest absolute Gasteiger partial charge is 0.488 e. The van der Waals surface area contributed by atoms with Gasteiger partial charge < -0.3 is 25.2 Å². The highest BCUT2D eigenvalue weighted by atomic mass is 127. The third-order valence-corrected chi connectivity index (χ3v) is 5.53. The van der Waals surface area contributed by atoms with Gasteiger partial charge in [0.2, 0.25) is 0 Å². The van der Waals surface area contributed by atoms with Gasteiger partial charge in [0.1, 0.15) is 17.7 Å². The Morgan fingerprint density at radius 1 is 1.17 bits per heavy atom. The number of para-hydroxylation sites is 1. The maximum atomic E-state index is 5.99. The number of aromatic nitrogens is 1. The van der Waals surface area contributed by atoms with Crippen molar-refractivity contribution in [3.63, 3.8) is 0 Å². The Morgan fingerprint density at radius 2 is 1.97 bits per heavy atom. The molecular formula is C22H31IN6O. The Hall–Kier alpha value is -2.07. The van der Waals surface area contributed by atoms with Crippen LogP contribution < -0.4 is 20.3 Å². The number of pyridine rings is 1. The summed E-state index contributed by atoms with van der Waals surface area (Å²) in [5.41, 5.74) is 2.47. The minimum Gasteiger partial charge on any atom is -0.488 e. The van der Waals surface area contributed by atoms with Crippen molar-refractivity contribution in [2.24, 2.45) is 4.99 Å². The van der Waals surface area contributed by atoms with E-state index in [9.17, 15) is 0 Å². The molecule has 30 heavy (non-hydrogen) atoms. The van der Waals surface area contributed by atoms with Crippen LogP contribution in [0.2, 0.25) is 0 Å². The van der Waals surface area contributed by atoms with E-state index in [0.717, 1.165) is 56.7 Å². The highest BCUT2D eigenvalue weighted by Gasteiger charge is 2.22. The van der Waals surface area contributed by atoms with Crippen LogP contribution in [-0.4, -0.2) is 68.8 Å². The topological polar surface area (TPSA) is 65.0 Å². The van der Waals surface area contributed by atoms with E-state index in [1.54, 1.807) is 7.05 Å². The Kier molecular flexibility index (Phi) is 8.15. The standard InChI is InChI=1S/C22H30N6O.HI/c1-23-22(26-16-19-14-18-5-3-4-6-20(18)29-19)25-15-17-7-8-24-21(13-17)28-11-9-27(2)10-12-28;/h3-8,13,19H,9-12,14-16H2,1-2H3,(H2,23,25,26);1H. The molecule has 2 aromatic rings. The smallest absolute Gasteiger partial charge is 0.191 e. The summed E-state index contributed by atoms with van der Waals surface area (Å²) in [7, 11) is 3.96. The molecule has 4 rings (SSSR count). The molecule has 1 atom stereocenters. The second-order valence-electron chi connectivity index (χ2n) is 7.67. The van der Waals surface area contributed by atoms with Gasteiger partial charge in [-0.15, -0.1) is 24.0 Å². The molecule has 1 unspecified atom stereocenters. The Bertz CT molecular complexity index is 828. The lowest BCUT2D eigenvalue weighted by Crippen LogP contribution is -2.45. The molecule has 0 amide bonds. The van der Waals surface area contributed by atoms with Crippen molar-refractivity contribution in [1.82, 2.24) is 20.5 Å². The molecule has 3 heterocycles. The summed E-state index contributed by atoms with van der Waals surface area (Å²) < 4.78 is 5.99. The van der Waals surface area contributed by atoms with Crippen molar-refractivity contribution in [1.29, 1.82) is 0 Å². The van der Waals surface area contributed by atoms with Crippen molar-refractivity contribution in [2.75, 3.05) is 51.7 Å². The number of fused-ring (bicyclic) bond motifs is 1. The molecule has 0 aliphatic carbocycles. The fourth-order valence-electron chi connectivity index (χ4n) is 3.76. The summed E-state index contributed by atoms with van der Waals surface area (Å²) in [6.45, 7) is 5.62. The van der Waals surface area contributed by atoms with Gasteiger partial charge in [-0.1, -0.05) is 18.2 Å². The number of nitrogens with zero attached hydrogens (tertiary/aromatic N) is 4. The highest BCUT2D eigenvalue weighted by Crippen LogP contribution is 2.27. The number of rotatable bonds is 5. The number of ether oxygens (including phenoxy) is 1. The molecule has 1 aromatic heterocycles. The molecule has 1 aromatic carbocycles. The predicted octanol–water partition coefficient (Wildman–Crippen LogP) is 2.12. The average Bonchev–Trinajstić information content (AvgIpc) is 3.17. The van der Waals surface area contributed by atoms with Gasteiger partial charge in [-0.3, -0.25) is 4.99 Å². The van der Waals surface area contributed by atoms with Crippen LogP contribution in [-0.2, 0) is 13.0 Å². The van der Waals surface area contributed by atoms with Crippen LogP contribution >= 0.6 is 24.0 Å². The van der Waals surface area contributed by atoms with Crippen LogP contribution in [0.25, 0.3) is 0 Å². The van der Waals surface area contributed by atoms with Crippen molar-refractivity contribution in [3.05, 3.63) is 53.7 Å². The summed E-state index contributed by atoms with van der Waals surface area (Å²) in [6.07, 6.45) is 2.96. The monoisotopic (exact) mass is 522 g/mol. The molecule has 2 aliphatic heterocycles. The quantitative estimate of drug-likeness (QED) is 0.357. The van der Waals surface area contributed by atoms with Crippen molar-refractivity contribution in [2.45, 2.75) is 19.1 Å². The number of guanidine groups is 1. The number of nitrogens with one attached hydrogen (secondary N) is 2. The lowest BCUT2D eigenvalue weighted by atomic mass is 10.1. The number of hydrogen-bond acceptors (Lipinski definition) is 5. The van der Waals surface area contributed by atoms with Gasteiger partial charge in [0.05, 0.1) is 6.54 Å².